The predicted molar refractivity (Wildman–Crippen MR) is 145 cm³/mol. The molecule has 5 nitrogen and oxygen atoms in total. The minimum absolute atomic E-state index is 0.0910. The number of carbonyl (C=O) groups excluding carboxylic acids is 1. The summed E-state index contributed by atoms with van der Waals surface area (Å²) in [5.41, 5.74) is 4.20. The Morgan fingerprint density at radius 3 is 2.34 bits per heavy atom. The van der Waals surface area contributed by atoms with Crippen molar-refractivity contribution in [2.75, 3.05) is 20.3 Å². The van der Waals surface area contributed by atoms with Crippen LogP contribution in [0.15, 0.2) is 71.6 Å². The lowest BCUT2D eigenvalue weighted by molar-refractivity contribution is -0.122. The van der Waals surface area contributed by atoms with Crippen LogP contribution in [0.4, 0.5) is 0 Å². The Hall–Kier alpha value is -3.29. The van der Waals surface area contributed by atoms with Gasteiger partial charge in [0.15, 0.2) is 11.5 Å². The summed E-state index contributed by atoms with van der Waals surface area (Å²) < 4.78 is 17.8. The van der Waals surface area contributed by atoms with Crippen LogP contribution >= 0.6 is 24.0 Å². The van der Waals surface area contributed by atoms with E-state index in [1.54, 1.807) is 12.0 Å². The van der Waals surface area contributed by atoms with E-state index in [2.05, 4.69) is 6.07 Å². The van der Waals surface area contributed by atoms with E-state index in [-0.39, 0.29) is 5.91 Å². The Balaban J connectivity index is 1.38. The average Bonchev–Trinajstić information content (AvgIpc) is 3.09. The van der Waals surface area contributed by atoms with Crippen LogP contribution < -0.4 is 14.2 Å². The number of hydrogen-bond donors (Lipinski definition) is 0. The molecule has 0 unspecified atom stereocenters. The average molecular weight is 506 g/mol. The van der Waals surface area contributed by atoms with Gasteiger partial charge >= 0.3 is 0 Å². The number of rotatable bonds is 9. The normalized spacial score (nSPS) is 14.5. The molecule has 0 aromatic heterocycles. The highest BCUT2D eigenvalue weighted by atomic mass is 32.2. The first-order valence-electron chi connectivity index (χ1n) is 11.2. The van der Waals surface area contributed by atoms with Crippen LogP contribution in [-0.4, -0.2) is 35.5 Å². The fourth-order valence-electron chi connectivity index (χ4n) is 3.77. The van der Waals surface area contributed by atoms with E-state index >= 15 is 0 Å². The topological polar surface area (TPSA) is 48.0 Å². The van der Waals surface area contributed by atoms with Crippen molar-refractivity contribution in [3.05, 3.63) is 93.9 Å². The zero-order valence-corrected chi connectivity index (χ0v) is 21.6. The molecule has 3 aromatic carbocycles. The molecule has 3 aromatic rings. The highest BCUT2D eigenvalue weighted by Crippen LogP contribution is 2.35. The second kappa shape index (κ2) is 11.4. The largest absolute Gasteiger partial charge is 0.493 e. The van der Waals surface area contributed by atoms with E-state index in [1.807, 2.05) is 80.6 Å². The first-order chi connectivity index (χ1) is 16.9. The number of thiocarbonyl (C=S) groups is 1. The lowest BCUT2D eigenvalue weighted by Crippen LogP contribution is -2.27. The third-order valence-corrected chi connectivity index (χ3v) is 6.73. The number of hydrogen-bond acceptors (Lipinski definition) is 6. The van der Waals surface area contributed by atoms with Crippen LogP contribution in [-0.2, 0) is 11.3 Å². The molecule has 1 saturated heterocycles. The minimum Gasteiger partial charge on any atom is -0.493 e. The summed E-state index contributed by atoms with van der Waals surface area (Å²) in [5.74, 6) is 1.94. The van der Waals surface area contributed by atoms with Crippen molar-refractivity contribution in [2.24, 2.45) is 0 Å². The molecule has 1 heterocycles. The number of ether oxygens (including phenoxy) is 3. The molecule has 1 aliphatic heterocycles. The van der Waals surface area contributed by atoms with Crippen molar-refractivity contribution in [2.45, 2.75) is 20.4 Å². The number of thioether (sulfide) groups is 1. The molecule has 0 atom stereocenters. The number of amides is 1. The van der Waals surface area contributed by atoms with E-state index in [4.69, 9.17) is 26.4 Å². The van der Waals surface area contributed by atoms with Crippen molar-refractivity contribution in [3.63, 3.8) is 0 Å². The zero-order valence-electron chi connectivity index (χ0n) is 19.9. The van der Waals surface area contributed by atoms with Crippen LogP contribution in [0.3, 0.4) is 0 Å². The van der Waals surface area contributed by atoms with Crippen molar-refractivity contribution in [1.82, 2.24) is 4.90 Å². The number of benzene rings is 3. The maximum Gasteiger partial charge on any atom is 0.266 e. The van der Waals surface area contributed by atoms with Gasteiger partial charge in [-0.2, -0.15) is 0 Å². The van der Waals surface area contributed by atoms with E-state index < -0.39 is 0 Å². The molecule has 1 fully saturated rings. The summed E-state index contributed by atoms with van der Waals surface area (Å²) >= 11 is 6.77. The predicted octanol–water partition coefficient (Wildman–Crippen LogP) is 6.17. The molecule has 0 bridgehead atoms. The van der Waals surface area contributed by atoms with Crippen molar-refractivity contribution in [3.8, 4) is 17.2 Å². The van der Waals surface area contributed by atoms with E-state index in [0.717, 1.165) is 28.0 Å². The van der Waals surface area contributed by atoms with Gasteiger partial charge < -0.3 is 14.2 Å². The summed E-state index contributed by atoms with van der Waals surface area (Å²) in [5, 5.41) is 0. The van der Waals surface area contributed by atoms with E-state index in [0.29, 0.717) is 40.5 Å². The maximum absolute atomic E-state index is 13.0. The van der Waals surface area contributed by atoms with E-state index in [9.17, 15) is 4.79 Å². The summed E-state index contributed by atoms with van der Waals surface area (Å²) in [6.07, 6.45) is 1.83. The molecule has 1 amide bonds. The maximum atomic E-state index is 13.0. The summed E-state index contributed by atoms with van der Waals surface area (Å²) in [7, 11) is 1.59. The second-order valence-corrected chi connectivity index (χ2v) is 9.86. The molecule has 4 rings (SSSR count). The molecule has 0 saturated carbocycles. The van der Waals surface area contributed by atoms with Crippen LogP contribution in [0.5, 0.6) is 17.2 Å². The van der Waals surface area contributed by atoms with Gasteiger partial charge in [-0.15, -0.1) is 0 Å². The van der Waals surface area contributed by atoms with Crippen molar-refractivity contribution < 1.29 is 19.0 Å². The van der Waals surface area contributed by atoms with Gasteiger partial charge in [0, 0.05) is 0 Å². The van der Waals surface area contributed by atoms with Gasteiger partial charge in [0.25, 0.3) is 5.91 Å². The molecule has 180 valence electrons. The van der Waals surface area contributed by atoms with Crippen LogP contribution in [0.25, 0.3) is 6.08 Å². The first-order valence-corrected chi connectivity index (χ1v) is 12.5. The van der Waals surface area contributed by atoms with Crippen LogP contribution in [0.1, 0.15) is 22.3 Å². The van der Waals surface area contributed by atoms with Gasteiger partial charge in [-0.05, 0) is 66.4 Å². The molecular weight excluding hydrogens is 478 g/mol. The zero-order chi connectivity index (χ0) is 24.8. The van der Waals surface area contributed by atoms with Gasteiger partial charge in [0.1, 0.15) is 23.3 Å². The Kier molecular flexibility index (Phi) is 8.10. The standard InChI is InChI=1S/C28H27NO4S2/c1-19-13-20(2)15-23(14-19)32-11-12-33-24-10-9-22(16-25(24)31-3)17-26-27(30)29(28(34)35-26)18-21-7-5-4-6-8-21/h4-10,13-17H,11-12,18H2,1-3H3/b26-17-. The van der Waals surface area contributed by atoms with E-state index in [1.165, 1.54) is 11.8 Å². The molecule has 35 heavy (non-hydrogen) atoms. The second-order valence-electron chi connectivity index (χ2n) is 8.18. The Labute approximate surface area is 215 Å². The monoisotopic (exact) mass is 505 g/mol. The van der Waals surface area contributed by atoms with Gasteiger partial charge in [-0.25, -0.2) is 0 Å². The van der Waals surface area contributed by atoms with Gasteiger partial charge in [-0.3, -0.25) is 9.69 Å². The quantitative estimate of drug-likeness (QED) is 0.197. The molecule has 0 aliphatic carbocycles. The molecular formula is C28H27NO4S2. The lowest BCUT2D eigenvalue weighted by atomic mass is 10.1. The number of carbonyl (C=O) groups is 1. The lowest BCUT2D eigenvalue weighted by Gasteiger charge is -2.14. The van der Waals surface area contributed by atoms with Crippen LogP contribution in [0.2, 0.25) is 0 Å². The van der Waals surface area contributed by atoms with Gasteiger partial charge in [-0.1, -0.05) is 66.4 Å². The highest BCUT2D eigenvalue weighted by Gasteiger charge is 2.32. The Morgan fingerprint density at radius 1 is 0.914 bits per heavy atom. The van der Waals surface area contributed by atoms with Crippen molar-refractivity contribution in [1.29, 1.82) is 0 Å². The smallest absolute Gasteiger partial charge is 0.266 e. The first kappa shape index (κ1) is 24.8. The van der Waals surface area contributed by atoms with Crippen molar-refractivity contribution >= 4 is 40.3 Å². The molecule has 0 N–H and O–H groups in total. The summed E-state index contributed by atoms with van der Waals surface area (Å²) in [4.78, 5) is 15.2. The summed E-state index contributed by atoms with van der Waals surface area (Å²) in [6, 6.07) is 21.5. The third-order valence-electron chi connectivity index (χ3n) is 5.35. The number of aryl methyl sites for hydroxylation is 2. The van der Waals surface area contributed by atoms with Gasteiger partial charge in [0.2, 0.25) is 0 Å². The van der Waals surface area contributed by atoms with Gasteiger partial charge in [0.05, 0.1) is 18.6 Å². The summed E-state index contributed by atoms with van der Waals surface area (Å²) in [6.45, 7) is 5.34. The van der Waals surface area contributed by atoms with Crippen LogP contribution in [0, 0.1) is 13.8 Å². The number of methoxy groups -OCH3 is 1. The fraction of sp³-hybridized carbons (Fsp3) is 0.214. The molecule has 0 spiro atoms. The minimum atomic E-state index is -0.0910. The Bertz CT molecular complexity index is 1240. The SMILES string of the molecule is COc1cc(/C=C2\SC(=S)N(Cc3ccccc3)C2=O)ccc1OCCOc1cc(C)cc(C)c1. The number of nitrogens with zero attached hydrogens (tertiary/aromatic N) is 1. The molecule has 7 heteroatoms. The highest BCUT2D eigenvalue weighted by molar-refractivity contribution is 8.26. The fourth-order valence-corrected chi connectivity index (χ4v) is 5.03. The Morgan fingerprint density at radius 2 is 1.63 bits per heavy atom. The molecule has 0 radical (unpaired) electrons. The third kappa shape index (κ3) is 6.44. The molecule has 1 aliphatic rings.